The lowest BCUT2D eigenvalue weighted by Gasteiger charge is -2.15. The summed E-state index contributed by atoms with van der Waals surface area (Å²) in [7, 11) is -3.78. The molecule has 0 saturated carbocycles. The van der Waals surface area contributed by atoms with Gasteiger partial charge in [0.1, 0.15) is 0 Å². The first-order valence-corrected chi connectivity index (χ1v) is 12.5. The lowest BCUT2D eigenvalue weighted by molar-refractivity contribution is -0.115. The van der Waals surface area contributed by atoms with Gasteiger partial charge < -0.3 is 5.32 Å². The zero-order chi connectivity index (χ0) is 23.0. The summed E-state index contributed by atoms with van der Waals surface area (Å²) in [5, 5.41) is 18.0. The molecule has 0 aliphatic heterocycles. The van der Waals surface area contributed by atoms with Gasteiger partial charge >= 0.3 is 0 Å². The van der Waals surface area contributed by atoms with E-state index in [1.807, 2.05) is 43.4 Å². The summed E-state index contributed by atoms with van der Waals surface area (Å²) in [6, 6.07) is 13.9. The number of hydrogen-bond donors (Lipinski definition) is 2. The third kappa shape index (κ3) is 4.21. The van der Waals surface area contributed by atoms with Crippen LogP contribution >= 0.6 is 11.8 Å². The maximum absolute atomic E-state index is 12.9. The van der Waals surface area contributed by atoms with Crippen molar-refractivity contribution in [3.8, 4) is 0 Å². The number of carbonyl (C=O) groups excluding carboxylic acids is 1. The molecule has 2 aromatic carbocycles. The summed E-state index contributed by atoms with van der Waals surface area (Å²) in [5.74, 6) is -0.203. The average molecular weight is 470 g/mol. The zero-order valence-corrected chi connectivity index (χ0v) is 19.5. The van der Waals surface area contributed by atoms with Gasteiger partial charge in [-0.05, 0) is 61.7 Å². The number of pyridine rings is 1. The summed E-state index contributed by atoms with van der Waals surface area (Å²) >= 11 is 1.35. The quantitative estimate of drug-likeness (QED) is 0.416. The van der Waals surface area contributed by atoms with Crippen LogP contribution in [-0.2, 0) is 14.8 Å². The van der Waals surface area contributed by atoms with Gasteiger partial charge in [0.25, 0.3) is 0 Å². The molecule has 0 saturated heterocycles. The minimum atomic E-state index is -3.78. The van der Waals surface area contributed by atoms with Crippen LogP contribution in [0, 0.1) is 13.8 Å². The van der Waals surface area contributed by atoms with Crippen molar-refractivity contribution in [3.63, 3.8) is 0 Å². The Morgan fingerprint density at radius 3 is 2.50 bits per heavy atom. The molecule has 0 bridgehead atoms. The van der Waals surface area contributed by atoms with Gasteiger partial charge in [-0.15, -0.1) is 10.2 Å². The van der Waals surface area contributed by atoms with Crippen LogP contribution in [0.15, 0.2) is 58.6 Å². The number of thioether (sulfide) groups is 1. The molecule has 1 amide bonds. The van der Waals surface area contributed by atoms with Gasteiger partial charge in [-0.1, -0.05) is 36.9 Å². The summed E-state index contributed by atoms with van der Waals surface area (Å²) in [6.45, 7) is 6.02. The number of carbonyl (C=O) groups is 1. The topological polar surface area (TPSA) is 119 Å². The zero-order valence-electron chi connectivity index (χ0n) is 17.9. The number of aryl methyl sites for hydroxylation is 2. The normalized spacial score (nSPS) is 12.9. The van der Waals surface area contributed by atoms with Crippen molar-refractivity contribution in [2.45, 2.75) is 42.5 Å². The minimum absolute atomic E-state index is 0.00983. The molecule has 32 heavy (non-hydrogen) atoms. The molecule has 4 rings (SSSR count). The van der Waals surface area contributed by atoms with E-state index in [4.69, 9.17) is 5.14 Å². The summed E-state index contributed by atoms with van der Waals surface area (Å²) in [6.07, 6.45) is 0.573. The SMILES string of the molecule is CCC(Sc1nnc2cc(C)c3cccc(C)c3n12)C(=O)Nc1ccc(S(N)(=O)=O)cc1. The fraction of sp³-hybridized carbons (Fsp3) is 0.227. The number of para-hydroxylation sites is 1. The van der Waals surface area contributed by atoms with E-state index in [9.17, 15) is 13.2 Å². The van der Waals surface area contributed by atoms with E-state index in [1.54, 1.807) is 0 Å². The summed E-state index contributed by atoms with van der Waals surface area (Å²) < 4.78 is 24.8. The standard InChI is InChI=1S/C22H23N5O3S2/c1-4-18(21(28)24-15-8-10-16(11-9-15)32(23,29)30)31-22-26-25-19-12-14(3)17-7-5-6-13(2)20(17)27(19)22/h5-12,18H,4H2,1-3H3,(H,24,28)(H2,23,29,30). The highest BCUT2D eigenvalue weighted by Crippen LogP contribution is 2.31. The van der Waals surface area contributed by atoms with E-state index in [0.717, 1.165) is 27.7 Å². The number of amides is 1. The molecule has 0 fully saturated rings. The average Bonchev–Trinajstić information content (AvgIpc) is 3.14. The number of fused-ring (bicyclic) bond motifs is 3. The molecule has 3 N–H and O–H groups in total. The van der Waals surface area contributed by atoms with E-state index in [0.29, 0.717) is 17.3 Å². The Hall–Kier alpha value is -2.95. The van der Waals surface area contributed by atoms with Crippen LogP contribution in [-0.4, -0.2) is 34.2 Å². The van der Waals surface area contributed by atoms with Crippen molar-refractivity contribution in [2.75, 3.05) is 5.32 Å². The van der Waals surface area contributed by atoms with Crippen LogP contribution in [0.1, 0.15) is 24.5 Å². The molecule has 4 aromatic rings. The second kappa shape index (κ2) is 8.53. The highest BCUT2D eigenvalue weighted by molar-refractivity contribution is 8.00. The number of nitrogens with two attached hydrogens (primary N) is 1. The van der Waals surface area contributed by atoms with Gasteiger partial charge in [-0.2, -0.15) is 0 Å². The van der Waals surface area contributed by atoms with Crippen molar-refractivity contribution in [2.24, 2.45) is 5.14 Å². The van der Waals surface area contributed by atoms with E-state index in [2.05, 4.69) is 21.6 Å². The first kappa shape index (κ1) is 22.3. The predicted octanol–water partition coefficient (Wildman–Crippen LogP) is 3.66. The molecule has 0 spiro atoms. The van der Waals surface area contributed by atoms with E-state index < -0.39 is 15.3 Å². The maximum atomic E-state index is 12.9. The Morgan fingerprint density at radius 2 is 1.84 bits per heavy atom. The Bertz CT molecular complexity index is 1430. The van der Waals surface area contributed by atoms with Crippen molar-refractivity contribution in [3.05, 3.63) is 59.7 Å². The molecule has 1 atom stereocenters. The van der Waals surface area contributed by atoms with Crippen molar-refractivity contribution >= 4 is 49.9 Å². The van der Waals surface area contributed by atoms with Crippen molar-refractivity contribution < 1.29 is 13.2 Å². The molecule has 1 unspecified atom stereocenters. The van der Waals surface area contributed by atoms with E-state index >= 15 is 0 Å². The van der Waals surface area contributed by atoms with Crippen molar-refractivity contribution in [1.29, 1.82) is 0 Å². The number of aromatic nitrogens is 3. The summed E-state index contributed by atoms with van der Waals surface area (Å²) in [4.78, 5) is 12.9. The van der Waals surface area contributed by atoms with Gasteiger partial charge in [0.2, 0.25) is 15.9 Å². The Balaban J connectivity index is 1.63. The first-order valence-electron chi connectivity index (χ1n) is 10.0. The van der Waals surface area contributed by atoms with Crippen LogP contribution in [0.5, 0.6) is 0 Å². The number of sulfonamides is 1. The molecule has 166 valence electrons. The van der Waals surface area contributed by atoms with Gasteiger partial charge in [-0.25, -0.2) is 13.6 Å². The van der Waals surface area contributed by atoms with Gasteiger partial charge in [0.05, 0.1) is 15.7 Å². The van der Waals surface area contributed by atoms with Crippen molar-refractivity contribution in [1.82, 2.24) is 14.6 Å². The number of nitrogens with one attached hydrogen (secondary N) is 1. The van der Waals surface area contributed by atoms with Crippen LogP contribution < -0.4 is 10.5 Å². The first-order chi connectivity index (χ1) is 15.2. The van der Waals surface area contributed by atoms with Crippen LogP contribution in [0.25, 0.3) is 16.6 Å². The molecular formula is C22H23N5O3S2. The molecule has 8 nitrogen and oxygen atoms in total. The largest absolute Gasteiger partial charge is 0.325 e. The third-order valence-corrected chi connectivity index (χ3v) is 7.49. The highest BCUT2D eigenvalue weighted by Gasteiger charge is 2.22. The molecular weight excluding hydrogens is 446 g/mol. The second-order valence-electron chi connectivity index (χ2n) is 7.55. The van der Waals surface area contributed by atoms with E-state index in [-0.39, 0.29) is 10.8 Å². The predicted molar refractivity (Wildman–Crippen MR) is 126 cm³/mol. The van der Waals surface area contributed by atoms with Gasteiger partial charge in [0.15, 0.2) is 10.8 Å². The van der Waals surface area contributed by atoms with Crippen LogP contribution in [0.2, 0.25) is 0 Å². The van der Waals surface area contributed by atoms with Crippen LogP contribution in [0.4, 0.5) is 5.69 Å². The number of rotatable bonds is 6. The molecule has 0 radical (unpaired) electrons. The highest BCUT2D eigenvalue weighted by atomic mass is 32.2. The lowest BCUT2D eigenvalue weighted by Crippen LogP contribution is -2.25. The van der Waals surface area contributed by atoms with Crippen LogP contribution in [0.3, 0.4) is 0 Å². The fourth-order valence-electron chi connectivity index (χ4n) is 3.61. The molecule has 10 heteroatoms. The molecule has 2 heterocycles. The third-order valence-electron chi connectivity index (χ3n) is 5.25. The molecule has 0 aliphatic carbocycles. The lowest BCUT2D eigenvalue weighted by atomic mass is 10.1. The number of nitrogens with zero attached hydrogens (tertiary/aromatic N) is 3. The number of benzene rings is 2. The summed E-state index contributed by atoms with van der Waals surface area (Å²) in [5.41, 5.74) is 4.48. The van der Waals surface area contributed by atoms with E-state index in [1.165, 1.54) is 36.0 Å². The Labute approximate surface area is 190 Å². The fourth-order valence-corrected chi connectivity index (χ4v) is 5.09. The van der Waals surface area contributed by atoms with Gasteiger partial charge in [-0.3, -0.25) is 9.20 Å². The van der Waals surface area contributed by atoms with Gasteiger partial charge in [0, 0.05) is 11.1 Å². The number of primary sulfonamides is 1. The number of anilines is 1. The minimum Gasteiger partial charge on any atom is -0.325 e. The second-order valence-corrected chi connectivity index (χ2v) is 10.3. The smallest absolute Gasteiger partial charge is 0.238 e. The monoisotopic (exact) mass is 469 g/mol. The Kier molecular flexibility index (Phi) is 5.93. The maximum Gasteiger partial charge on any atom is 0.238 e. The Morgan fingerprint density at radius 1 is 1.12 bits per heavy atom. The number of hydrogen-bond acceptors (Lipinski definition) is 6. The molecule has 2 aromatic heterocycles. The molecule has 0 aliphatic rings.